The van der Waals surface area contributed by atoms with Gasteiger partial charge in [-0.3, -0.25) is 4.79 Å². The highest BCUT2D eigenvalue weighted by molar-refractivity contribution is 5.98. The van der Waals surface area contributed by atoms with Crippen LogP contribution in [0.1, 0.15) is 13.8 Å². The fraction of sp³-hybridized carbons (Fsp3) is 0.350. The number of hydrogen-bond donors (Lipinski definition) is 0. The van der Waals surface area contributed by atoms with Crippen LogP contribution < -0.4 is 19.3 Å². The lowest BCUT2D eigenvalue weighted by Crippen LogP contribution is -2.47. The van der Waals surface area contributed by atoms with E-state index in [0.29, 0.717) is 24.1 Å². The zero-order valence-corrected chi connectivity index (χ0v) is 14.9. The summed E-state index contributed by atoms with van der Waals surface area (Å²) in [4.78, 5) is 16.9. The number of anilines is 2. The maximum absolute atomic E-state index is 12.8. The zero-order chi connectivity index (χ0) is 17.8. The van der Waals surface area contributed by atoms with Gasteiger partial charge in [-0.15, -0.1) is 0 Å². The summed E-state index contributed by atoms with van der Waals surface area (Å²) in [7, 11) is 1.59. The zero-order valence-electron chi connectivity index (χ0n) is 14.9. The smallest absolute Gasteiger partial charge is 0.265 e. The van der Waals surface area contributed by atoms with Crippen molar-refractivity contribution in [2.45, 2.75) is 19.9 Å². The quantitative estimate of drug-likeness (QED) is 0.837. The molecule has 0 N–H and O–H groups in total. The molecule has 0 aromatic heterocycles. The van der Waals surface area contributed by atoms with Gasteiger partial charge in [-0.2, -0.15) is 0 Å². The van der Waals surface area contributed by atoms with E-state index >= 15 is 0 Å². The number of carbonyl (C=O) groups is 1. The van der Waals surface area contributed by atoms with Gasteiger partial charge in [0, 0.05) is 19.1 Å². The number of ether oxygens (including phenoxy) is 2. The molecule has 5 heteroatoms. The predicted molar refractivity (Wildman–Crippen MR) is 99.8 cm³/mol. The van der Waals surface area contributed by atoms with Crippen molar-refractivity contribution in [2.75, 3.05) is 36.6 Å². The molecule has 0 saturated carbocycles. The van der Waals surface area contributed by atoms with Gasteiger partial charge >= 0.3 is 0 Å². The van der Waals surface area contributed by atoms with Crippen LogP contribution in [-0.4, -0.2) is 38.8 Å². The van der Waals surface area contributed by atoms with Crippen molar-refractivity contribution in [3.8, 4) is 11.5 Å². The SMILES string of the molecule is COc1ccccc1OCC(=O)N1CCN(C(C)C)c2ccccc21. The number of para-hydroxylation sites is 4. The monoisotopic (exact) mass is 340 g/mol. The Bertz CT molecular complexity index is 745. The van der Waals surface area contributed by atoms with E-state index in [1.165, 1.54) is 0 Å². The molecule has 0 bridgehead atoms. The summed E-state index contributed by atoms with van der Waals surface area (Å²) in [5.41, 5.74) is 2.03. The van der Waals surface area contributed by atoms with Crippen molar-refractivity contribution in [3.63, 3.8) is 0 Å². The third kappa shape index (κ3) is 3.55. The van der Waals surface area contributed by atoms with Crippen molar-refractivity contribution in [3.05, 3.63) is 48.5 Å². The Morgan fingerprint density at radius 2 is 1.64 bits per heavy atom. The second-order valence-corrected chi connectivity index (χ2v) is 6.26. The van der Waals surface area contributed by atoms with E-state index < -0.39 is 0 Å². The molecule has 132 valence electrons. The summed E-state index contributed by atoms with van der Waals surface area (Å²) in [6, 6.07) is 15.8. The Labute approximate surface area is 148 Å². The molecule has 3 rings (SSSR count). The Hall–Kier alpha value is -2.69. The van der Waals surface area contributed by atoms with Crippen LogP contribution in [0.15, 0.2) is 48.5 Å². The van der Waals surface area contributed by atoms with Crippen LogP contribution in [0.25, 0.3) is 0 Å². The molecule has 0 radical (unpaired) electrons. The van der Waals surface area contributed by atoms with Crippen molar-refractivity contribution >= 4 is 17.3 Å². The number of hydrogen-bond acceptors (Lipinski definition) is 4. The molecule has 1 heterocycles. The summed E-state index contributed by atoms with van der Waals surface area (Å²) in [6.45, 7) is 5.78. The van der Waals surface area contributed by atoms with Gasteiger partial charge in [0.05, 0.1) is 18.5 Å². The summed E-state index contributed by atoms with van der Waals surface area (Å²) >= 11 is 0. The lowest BCUT2D eigenvalue weighted by atomic mass is 10.1. The standard InChI is InChI=1S/C20H24N2O3/c1-15(2)21-12-13-22(17-9-5-4-8-16(17)21)20(23)14-25-19-11-7-6-10-18(19)24-3/h4-11,15H,12-14H2,1-3H3. The van der Waals surface area contributed by atoms with Crippen molar-refractivity contribution in [2.24, 2.45) is 0 Å². The van der Waals surface area contributed by atoms with E-state index in [1.54, 1.807) is 13.2 Å². The van der Waals surface area contributed by atoms with Gasteiger partial charge in [0.25, 0.3) is 5.91 Å². The highest BCUT2D eigenvalue weighted by Crippen LogP contribution is 2.34. The molecule has 1 amide bonds. The summed E-state index contributed by atoms with van der Waals surface area (Å²) < 4.78 is 11.0. The molecule has 0 aliphatic carbocycles. The predicted octanol–water partition coefficient (Wildman–Crippen LogP) is 3.34. The van der Waals surface area contributed by atoms with Crippen molar-refractivity contribution in [1.29, 1.82) is 0 Å². The largest absolute Gasteiger partial charge is 0.493 e. The first kappa shape index (κ1) is 17.1. The Morgan fingerprint density at radius 1 is 1.00 bits per heavy atom. The van der Waals surface area contributed by atoms with E-state index in [-0.39, 0.29) is 12.5 Å². The molecule has 1 aliphatic rings. The van der Waals surface area contributed by atoms with Gasteiger partial charge in [0.1, 0.15) is 0 Å². The first-order valence-corrected chi connectivity index (χ1v) is 8.53. The number of amides is 1. The molecule has 2 aromatic rings. The van der Waals surface area contributed by atoms with Crippen LogP contribution in [0.3, 0.4) is 0 Å². The molecule has 0 unspecified atom stereocenters. The van der Waals surface area contributed by atoms with E-state index in [0.717, 1.165) is 17.9 Å². The highest BCUT2D eigenvalue weighted by atomic mass is 16.5. The summed E-state index contributed by atoms with van der Waals surface area (Å²) in [5, 5.41) is 0. The average Bonchev–Trinajstić information content (AvgIpc) is 2.65. The minimum Gasteiger partial charge on any atom is -0.493 e. The minimum atomic E-state index is -0.0539. The van der Waals surface area contributed by atoms with Gasteiger partial charge < -0.3 is 19.3 Å². The van der Waals surface area contributed by atoms with E-state index in [1.807, 2.05) is 41.3 Å². The molecule has 2 aromatic carbocycles. The van der Waals surface area contributed by atoms with Gasteiger partial charge in [-0.1, -0.05) is 24.3 Å². The lowest BCUT2D eigenvalue weighted by Gasteiger charge is -2.39. The summed E-state index contributed by atoms with van der Waals surface area (Å²) in [6.07, 6.45) is 0. The summed E-state index contributed by atoms with van der Waals surface area (Å²) in [5.74, 6) is 1.15. The molecule has 0 saturated heterocycles. The van der Waals surface area contributed by atoms with Gasteiger partial charge in [-0.25, -0.2) is 0 Å². The fourth-order valence-corrected chi connectivity index (χ4v) is 3.13. The Balaban J connectivity index is 1.75. The van der Waals surface area contributed by atoms with Crippen LogP contribution in [0.4, 0.5) is 11.4 Å². The van der Waals surface area contributed by atoms with Crippen LogP contribution in [0.2, 0.25) is 0 Å². The first-order chi connectivity index (χ1) is 12.1. The normalized spacial score (nSPS) is 13.6. The molecule has 1 aliphatic heterocycles. The van der Waals surface area contributed by atoms with Crippen LogP contribution in [-0.2, 0) is 4.79 Å². The maximum atomic E-state index is 12.8. The van der Waals surface area contributed by atoms with Crippen molar-refractivity contribution < 1.29 is 14.3 Å². The molecular weight excluding hydrogens is 316 g/mol. The average molecular weight is 340 g/mol. The molecule has 0 atom stereocenters. The third-order valence-corrected chi connectivity index (χ3v) is 4.39. The van der Waals surface area contributed by atoms with Crippen LogP contribution in [0, 0.1) is 0 Å². The molecular formula is C20H24N2O3. The number of carbonyl (C=O) groups excluding carboxylic acids is 1. The van der Waals surface area contributed by atoms with Gasteiger partial charge in [-0.05, 0) is 38.1 Å². The van der Waals surface area contributed by atoms with Gasteiger partial charge in [0.2, 0.25) is 0 Å². The number of rotatable bonds is 5. The van der Waals surface area contributed by atoms with Crippen molar-refractivity contribution in [1.82, 2.24) is 0 Å². The number of nitrogens with zero attached hydrogens (tertiary/aromatic N) is 2. The Morgan fingerprint density at radius 3 is 2.32 bits per heavy atom. The third-order valence-electron chi connectivity index (χ3n) is 4.39. The maximum Gasteiger partial charge on any atom is 0.265 e. The molecule has 0 spiro atoms. The molecule has 25 heavy (non-hydrogen) atoms. The number of fused-ring (bicyclic) bond motifs is 1. The number of methoxy groups -OCH3 is 1. The van der Waals surface area contributed by atoms with E-state index in [2.05, 4.69) is 24.8 Å². The van der Waals surface area contributed by atoms with Gasteiger partial charge in [0.15, 0.2) is 18.1 Å². The number of benzene rings is 2. The topological polar surface area (TPSA) is 42.0 Å². The minimum absolute atomic E-state index is 0.0175. The second-order valence-electron chi connectivity index (χ2n) is 6.26. The lowest BCUT2D eigenvalue weighted by molar-refractivity contribution is -0.120. The highest BCUT2D eigenvalue weighted by Gasteiger charge is 2.27. The second kappa shape index (κ2) is 7.47. The molecule has 5 nitrogen and oxygen atoms in total. The van der Waals surface area contributed by atoms with Crippen LogP contribution >= 0.6 is 0 Å². The van der Waals surface area contributed by atoms with E-state index in [9.17, 15) is 4.79 Å². The fourth-order valence-electron chi connectivity index (χ4n) is 3.13. The first-order valence-electron chi connectivity index (χ1n) is 8.53. The van der Waals surface area contributed by atoms with E-state index in [4.69, 9.17) is 9.47 Å². The van der Waals surface area contributed by atoms with Crippen LogP contribution in [0.5, 0.6) is 11.5 Å². The molecule has 0 fully saturated rings. The Kier molecular flexibility index (Phi) is 5.12.